The Labute approximate surface area is 209 Å². The van der Waals surface area contributed by atoms with Crippen molar-refractivity contribution in [3.63, 3.8) is 0 Å². The monoisotopic (exact) mass is 488 g/mol. The normalized spacial score (nSPS) is 13.6. The fourth-order valence-corrected chi connectivity index (χ4v) is 4.53. The molecule has 186 valence electrons. The molecule has 2 aromatic carbocycles. The van der Waals surface area contributed by atoms with Gasteiger partial charge >= 0.3 is 5.97 Å². The molecule has 0 saturated carbocycles. The van der Waals surface area contributed by atoms with Crippen LogP contribution in [0.3, 0.4) is 0 Å². The maximum absolute atomic E-state index is 13.3. The van der Waals surface area contributed by atoms with Gasteiger partial charge in [-0.2, -0.15) is 0 Å². The molecule has 3 aromatic rings. The molecule has 0 saturated heterocycles. The Morgan fingerprint density at radius 1 is 0.917 bits per heavy atom. The van der Waals surface area contributed by atoms with Crippen molar-refractivity contribution >= 4 is 23.6 Å². The van der Waals surface area contributed by atoms with Gasteiger partial charge in [0, 0.05) is 37.0 Å². The molecular weight excluding hydrogens is 460 g/mol. The number of ketones is 1. The zero-order valence-corrected chi connectivity index (χ0v) is 20.5. The first-order chi connectivity index (χ1) is 17.3. The van der Waals surface area contributed by atoms with Gasteiger partial charge in [0.25, 0.3) is 11.8 Å². The number of rotatable bonds is 10. The summed E-state index contributed by atoms with van der Waals surface area (Å²) in [6.45, 7) is 4.32. The number of fused-ring (bicyclic) bond motifs is 1. The summed E-state index contributed by atoms with van der Waals surface area (Å²) in [6.07, 6.45) is 0.0743. The summed E-state index contributed by atoms with van der Waals surface area (Å²) in [5, 5.41) is 0. The molecule has 1 aliphatic rings. The molecule has 0 fully saturated rings. The number of esters is 1. The smallest absolute Gasteiger partial charge is 0.330 e. The highest BCUT2D eigenvalue weighted by Crippen LogP contribution is 2.26. The van der Waals surface area contributed by atoms with Gasteiger partial charge in [-0.1, -0.05) is 42.5 Å². The van der Waals surface area contributed by atoms with Crippen LogP contribution in [0.1, 0.15) is 48.0 Å². The van der Waals surface area contributed by atoms with E-state index in [1.807, 2.05) is 36.6 Å². The number of aryl methyl sites for hydroxylation is 1. The Balaban J connectivity index is 1.54. The Morgan fingerprint density at radius 2 is 1.53 bits per heavy atom. The number of imide groups is 1. The minimum atomic E-state index is -1.21. The van der Waals surface area contributed by atoms with Crippen LogP contribution in [0, 0.1) is 13.8 Å². The van der Waals surface area contributed by atoms with E-state index in [4.69, 9.17) is 9.47 Å². The van der Waals surface area contributed by atoms with Gasteiger partial charge < -0.3 is 14.0 Å². The third-order valence-corrected chi connectivity index (χ3v) is 6.42. The van der Waals surface area contributed by atoms with Crippen molar-refractivity contribution in [1.29, 1.82) is 0 Å². The molecule has 1 aliphatic heterocycles. The third-order valence-electron chi connectivity index (χ3n) is 6.42. The molecule has 8 heteroatoms. The Bertz CT molecular complexity index is 1280. The summed E-state index contributed by atoms with van der Waals surface area (Å²) in [7, 11) is 1.61. The van der Waals surface area contributed by atoms with E-state index in [-0.39, 0.29) is 23.3 Å². The van der Waals surface area contributed by atoms with Crippen LogP contribution in [0.5, 0.6) is 0 Å². The second-order valence-electron chi connectivity index (χ2n) is 8.69. The minimum absolute atomic E-state index is 0.0743. The number of aromatic nitrogens is 1. The lowest BCUT2D eigenvalue weighted by Crippen LogP contribution is -2.47. The van der Waals surface area contributed by atoms with Crippen LogP contribution >= 0.6 is 0 Å². The molecule has 36 heavy (non-hydrogen) atoms. The lowest BCUT2D eigenvalue weighted by atomic mass is 10.0. The van der Waals surface area contributed by atoms with Crippen LogP contribution in [0.15, 0.2) is 60.7 Å². The van der Waals surface area contributed by atoms with Crippen molar-refractivity contribution in [2.75, 3.05) is 20.3 Å². The summed E-state index contributed by atoms with van der Waals surface area (Å²) < 4.78 is 12.5. The molecule has 0 N–H and O–H groups in total. The highest BCUT2D eigenvalue weighted by molar-refractivity contribution is 6.22. The molecular formula is C28H28N2O6. The number of nitrogens with zero attached hydrogens (tertiary/aromatic N) is 2. The van der Waals surface area contributed by atoms with Crippen molar-refractivity contribution in [1.82, 2.24) is 9.47 Å². The number of methoxy groups -OCH3 is 1. The molecule has 0 spiro atoms. The molecule has 4 rings (SSSR count). The molecule has 8 nitrogen and oxygen atoms in total. The van der Waals surface area contributed by atoms with Gasteiger partial charge in [0.1, 0.15) is 6.04 Å². The second kappa shape index (κ2) is 10.7. The van der Waals surface area contributed by atoms with Crippen LogP contribution in [-0.2, 0) is 27.2 Å². The van der Waals surface area contributed by atoms with E-state index in [9.17, 15) is 19.2 Å². The van der Waals surface area contributed by atoms with Gasteiger partial charge in [-0.25, -0.2) is 4.79 Å². The zero-order chi connectivity index (χ0) is 25.8. The van der Waals surface area contributed by atoms with Crippen LogP contribution in [-0.4, -0.2) is 59.4 Å². The Kier molecular flexibility index (Phi) is 7.45. The predicted octanol–water partition coefficient (Wildman–Crippen LogP) is 3.38. The molecule has 2 heterocycles. The van der Waals surface area contributed by atoms with E-state index in [0.717, 1.165) is 21.9 Å². The van der Waals surface area contributed by atoms with Crippen LogP contribution < -0.4 is 0 Å². The molecule has 0 radical (unpaired) electrons. The fraction of sp³-hybridized carbons (Fsp3) is 0.286. The molecule has 1 atom stereocenters. The predicted molar refractivity (Wildman–Crippen MR) is 132 cm³/mol. The van der Waals surface area contributed by atoms with Crippen molar-refractivity contribution in [2.24, 2.45) is 0 Å². The lowest BCUT2D eigenvalue weighted by Gasteiger charge is -2.24. The first kappa shape index (κ1) is 25.1. The average Bonchev–Trinajstić information content (AvgIpc) is 3.32. The van der Waals surface area contributed by atoms with Crippen LogP contribution in [0.4, 0.5) is 0 Å². The SMILES string of the molecule is COCCn1c(C)cc(C(=O)COC(=O)[C@H](Cc2ccccc2)N2C(=O)c3ccccc3C2=O)c1C. The topological polar surface area (TPSA) is 94.9 Å². The quantitative estimate of drug-likeness (QED) is 0.247. The summed E-state index contributed by atoms with van der Waals surface area (Å²) in [4.78, 5) is 53.3. The van der Waals surface area contributed by atoms with E-state index in [1.54, 1.807) is 49.6 Å². The zero-order valence-electron chi connectivity index (χ0n) is 20.5. The summed E-state index contributed by atoms with van der Waals surface area (Å²) >= 11 is 0. The molecule has 0 unspecified atom stereocenters. The van der Waals surface area contributed by atoms with Crippen molar-refractivity contribution in [3.05, 3.63) is 94.3 Å². The highest BCUT2D eigenvalue weighted by Gasteiger charge is 2.43. The van der Waals surface area contributed by atoms with E-state index < -0.39 is 30.4 Å². The third kappa shape index (κ3) is 4.85. The van der Waals surface area contributed by atoms with Gasteiger partial charge in [-0.15, -0.1) is 0 Å². The van der Waals surface area contributed by atoms with Gasteiger partial charge in [0.2, 0.25) is 5.78 Å². The maximum Gasteiger partial charge on any atom is 0.330 e. The average molecular weight is 489 g/mol. The van der Waals surface area contributed by atoms with E-state index in [0.29, 0.717) is 18.7 Å². The van der Waals surface area contributed by atoms with Gasteiger partial charge in [-0.3, -0.25) is 19.3 Å². The number of hydrogen-bond donors (Lipinski definition) is 0. The van der Waals surface area contributed by atoms with Gasteiger partial charge in [0.15, 0.2) is 6.61 Å². The Hall–Kier alpha value is -4.04. The highest BCUT2D eigenvalue weighted by atomic mass is 16.5. The largest absolute Gasteiger partial charge is 0.456 e. The molecule has 1 aromatic heterocycles. The van der Waals surface area contributed by atoms with Crippen molar-refractivity contribution < 1.29 is 28.7 Å². The van der Waals surface area contributed by atoms with E-state index in [2.05, 4.69) is 0 Å². The first-order valence-electron chi connectivity index (χ1n) is 11.7. The molecule has 2 amide bonds. The first-order valence-corrected chi connectivity index (χ1v) is 11.7. The molecule has 0 aliphatic carbocycles. The van der Waals surface area contributed by atoms with Crippen LogP contribution in [0.25, 0.3) is 0 Å². The summed E-state index contributed by atoms with van der Waals surface area (Å²) in [6, 6.07) is 16.1. The Morgan fingerprint density at radius 3 is 2.14 bits per heavy atom. The molecule has 0 bridgehead atoms. The number of amides is 2. The summed E-state index contributed by atoms with van der Waals surface area (Å²) in [5.41, 5.74) is 3.35. The number of carbonyl (C=O) groups excluding carboxylic acids is 4. The van der Waals surface area contributed by atoms with E-state index >= 15 is 0 Å². The minimum Gasteiger partial charge on any atom is -0.456 e. The number of ether oxygens (including phenoxy) is 2. The van der Waals surface area contributed by atoms with Crippen LogP contribution in [0.2, 0.25) is 0 Å². The standard InChI is InChI=1S/C28H28N2O6/c1-18-15-23(19(2)29(18)13-14-35-3)25(31)17-36-28(34)24(16-20-9-5-4-6-10-20)30-26(32)21-11-7-8-12-22(21)27(30)33/h4-12,15,24H,13-14,16-17H2,1-3H3/t24-/m0/s1. The van der Waals surface area contributed by atoms with E-state index in [1.165, 1.54) is 0 Å². The number of benzene rings is 2. The second-order valence-corrected chi connectivity index (χ2v) is 8.69. The fourth-order valence-electron chi connectivity index (χ4n) is 4.53. The maximum atomic E-state index is 13.3. The van der Waals surface area contributed by atoms with Gasteiger partial charge in [0.05, 0.1) is 17.7 Å². The lowest BCUT2D eigenvalue weighted by molar-refractivity contribution is -0.147. The number of Topliss-reactive ketones (excluding diaryl/α,β-unsaturated/α-hetero) is 1. The number of carbonyl (C=O) groups is 4. The van der Waals surface area contributed by atoms with Crippen molar-refractivity contribution in [2.45, 2.75) is 32.9 Å². The number of hydrogen-bond acceptors (Lipinski definition) is 6. The summed E-state index contributed by atoms with van der Waals surface area (Å²) in [5.74, 6) is -2.28. The van der Waals surface area contributed by atoms with Crippen molar-refractivity contribution in [3.8, 4) is 0 Å². The van der Waals surface area contributed by atoms with Gasteiger partial charge in [-0.05, 0) is 37.6 Å².